The van der Waals surface area contributed by atoms with Gasteiger partial charge in [0.25, 0.3) is 0 Å². The first-order valence-electron chi connectivity index (χ1n) is 5.75. The van der Waals surface area contributed by atoms with Gasteiger partial charge in [-0.3, -0.25) is 9.59 Å². The molecule has 1 atom stereocenters. The Morgan fingerprint density at radius 3 is 2.21 bits per heavy atom. The van der Waals surface area contributed by atoms with Crippen molar-refractivity contribution in [2.75, 3.05) is 19.4 Å². The van der Waals surface area contributed by atoms with Gasteiger partial charge in [-0.1, -0.05) is 12.1 Å². The number of halogens is 1. The predicted octanol–water partition coefficient (Wildman–Crippen LogP) is 1.02. The summed E-state index contributed by atoms with van der Waals surface area (Å²) in [6.07, 6.45) is 0.356. The molecule has 19 heavy (non-hydrogen) atoms. The van der Waals surface area contributed by atoms with Gasteiger partial charge in [0.1, 0.15) is 0 Å². The molecule has 5 nitrogen and oxygen atoms in total. The maximum Gasteiger partial charge on any atom is 0.240 e. The minimum Gasteiger partial charge on any atom is -0.349 e. The zero-order valence-electron chi connectivity index (χ0n) is 11.3. The molecule has 1 aromatic carbocycles. The molecule has 0 saturated carbocycles. The number of nitrogens with zero attached hydrogens (tertiary/aromatic N) is 1. The number of amides is 2. The van der Waals surface area contributed by atoms with Crippen molar-refractivity contribution >= 4 is 29.9 Å². The number of nitrogens with two attached hydrogens (primary N) is 1. The lowest BCUT2D eigenvalue weighted by atomic mass is 10.1. The van der Waals surface area contributed by atoms with E-state index in [2.05, 4.69) is 5.32 Å². The Bertz CT molecular complexity index is 389. The maximum absolute atomic E-state index is 11.5. The predicted molar refractivity (Wildman–Crippen MR) is 78.4 cm³/mol. The molecule has 0 aliphatic heterocycles. The summed E-state index contributed by atoms with van der Waals surface area (Å²) in [4.78, 5) is 24.4. The Labute approximate surface area is 119 Å². The molecule has 0 heterocycles. The van der Waals surface area contributed by atoms with Crippen molar-refractivity contribution in [1.29, 1.82) is 0 Å². The van der Waals surface area contributed by atoms with Crippen LogP contribution in [0.25, 0.3) is 0 Å². The topological polar surface area (TPSA) is 75.4 Å². The monoisotopic (exact) mass is 285 g/mol. The third kappa shape index (κ3) is 5.72. The van der Waals surface area contributed by atoms with Crippen LogP contribution in [-0.4, -0.2) is 36.9 Å². The molecule has 0 fully saturated rings. The van der Waals surface area contributed by atoms with Crippen molar-refractivity contribution in [3.63, 3.8) is 0 Å². The minimum absolute atomic E-state index is 0. The number of carbonyl (C=O) groups excluding carboxylic acids is 2. The molecule has 106 valence electrons. The Balaban J connectivity index is 0.00000324. The van der Waals surface area contributed by atoms with Crippen molar-refractivity contribution in [3.8, 4) is 0 Å². The Kier molecular flexibility index (Phi) is 7.11. The summed E-state index contributed by atoms with van der Waals surface area (Å²) < 4.78 is 0. The van der Waals surface area contributed by atoms with Crippen molar-refractivity contribution in [2.24, 2.45) is 5.73 Å². The zero-order chi connectivity index (χ0) is 13.7. The average Bonchev–Trinajstić information content (AvgIpc) is 2.31. The highest BCUT2D eigenvalue weighted by Gasteiger charge is 2.08. The number of likely N-dealkylation sites (N-methyl/N-ethyl adjacent to an activating group) is 1. The molecule has 2 amide bonds. The summed E-state index contributed by atoms with van der Waals surface area (Å²) in [5, 5.41) is 2.69. The fourth-order valence-electron chi connectivity index (χ4n) is 1.29. The van der Waals surface area contributed by atoms with Crippen LogP contribution in [-0.2, 0) is 16.0 Å². The number of carbonyl (C=O) groups is 2. The van der Waals surface area contributed by atoms with Gasteiger partial charge in [-0.25, -0.2) is 0 Å². The van der Waals surface area contributed by atoms with E-state index in [9.17, 15) is 9.59 Å². The largest absolute Gasteiger partial charge is 0.349 e. The lowest BCUT2D eigenvalue weighted by Crippen LogP contribution is -2.32. The molecule has 0 aliphatic rings. The second-order valence-electron chi connectivity index (χ2n) is 4.44. The molecular weight excluding hydrogens is 266 g/mol. The van der Waals surface area contributed by atoms with Crippen LogP contribution in [0.2, 0.25) is 0 Å². The third-order valence-corrected chi connectivity index (χ3v) is 2.49. The highest BCUT2D eigenvalue weighted by atomic mass is 35.5. The fraction of sp³-hybridized carbons (Fsp3) is 0.385. The molecule has 1 aromatic rings. The van der Waals surface area contributed by atoms with Gasteiger partial charge in [0, 0.05) is 19.8 Å². The van der Waals surface area contributed by atoms with Gasteiger partial charge < -0.3 is 16.0 Å². The van der Waals surface area contributed by atoms with Crippen molar-refractivity contribution < 1.29 is 9.59 Å². The van der Waals surface area contributed by atoms with Gasteiger partial charge in [0.2, 0.25) is 11.8 Å². The van der Waals surface area contributed by atoms with Gasteiger partial charge in [-0.15, -0.1) is 12.4 Å². The van der Waals surface area contributed by atoms with E-state index in [1.54, 1.807) is 38.1 Å². The van der Waals surface area contributed by atoms with Gasteiger partial charge in [-0.05, 0) is 24.6 Å². The molecule has 0 saturated heterocycles. The van der Waals surface area contributed by atoms with Crippen molar-refractivity contribution in [3.05, 3.63) is 29.8 Å². The summed E-state index contributed by atoms with van der Waals surface area (Å²) in [7, 11) is 3.44. The smallest absolute Gasteiger partial charge is 0.240 e. The lowest BCUT2D eigenvalue weighted by Gasteiger charge is -2.11. The molecule has 0 bridgehead atoms. The van der Waals surface area contributed by atoms with E-state index in [0.717, 1.165) is 5.56 Å². The van der Waals surface area contributed by atoms with E-state index in [-0.39, 0.29) is 24.2 Å². The van der Waals surface area contributed by atoms with E-state index in [1.807, 2.05) is 12.1 Å². The quantitative estimate of drug-likeness (QED) is 0.867. The number of hydrogen-bond acceptors (Lipinski definition) is 3. The molecule has 1 rings (SSSR count). The summed E-state index contributed by atoms with van der Waals surface area (Å²) in [5.74, 6) is -0.186. The van der Waals surface area contributed by atoms with Crippen LogP contribution < -0.4 is 11.1 Å². The number of rotatable bonds is 4. The van der Waals surface area contributed by atoms with Gasteiger partial charge in [-0.2, -0.15) is 0 Å². The van der Waals surface area contributed by atoms with Gasteiger partial charge in [0.05, 0.1) is 12.5 Å². The van der Waals surface area contributed by atoms with E-state index in [4.69, 9.17) is 5.73 Å². The summed E-state index contributed by atoms with van der Waals surface area (Å²) in [6.45, 7) is 1.62. The second-order valence-corrected chi connectivity index (χ2v) is 4.44. The number of nitrogens with one attached hydrogen (secondary N) is 1. The van der Waals surface area contributed by atoms with E-state index in [1.165, 1.54) is 0 Å². The standard InChI is InChI=1S/C13H19N3O2.ClH/c1-9(14)13(18)15-11-6-4-10(5-7-11)8-12(17)16(2)3;/h4-7,9H,8,14H2,1-3H3,(H,15,18);1H/t9-;/m1./s1. The normalized spacial score (nSPS) is 11.2. The Morgan fingerprint density at radius 1 is 1.26 bits per heavy atom. The number of anilines is 1. The zero-order valence-corrected chi connectivity index (χ0v) is 12.2. The van der Waals surface area contributed by atoms with Crippen molar-refractivity contribution in [1.82, 2.24) is 4.90 Å². The summed E-state index contributed by atoms with van der Waals surface area (Å²) in [5.41, 5.74) is 7.04. The van der Waals surface area contributed by atoms with E-state index in [0.29, 0.717) is 12.1 Å². The van der Waals surface area contributed by atoms with E-state index >= 15 is 0 Å². The molecule has 0 unspecified atom stereocenters. The van der Waals surface area contributed by atoms with Crippen LogP contribution in [0.5, 0.6) is 0 Å². The molecule has 0 aliphatic carbocycles. The van der Waals surface area contributed by atoms with Crippen molar-refractivity contribution in [2.45, 2.75) is 19.4 Å². The molecule has 3 N–H and O–H groups in total. The average molecular weight is 286 g/mol. The second kappa shape index (κ2) is 7.76. The number of benzene rings is 1. The first kappa shape index (κ1) is 17.4. The lowest BCUT2D eigenvalue weighted by molar-refractivity contribution is -0.128. The van der Waals surface area contributed by atoms with Crippen LogP contribution in [0, 0.1) is 0 Å². The first-order chi connectivity index (χ1) is 8.40. The van der Waals surface area contributed by atoms with Crippen LogP contribution in [0.4, 0.5) is 5.69 Å². The Hall–Kier alpha value is -1.59. The SMILES string of the molecule is C[C@@H](N)C(=O)Nc1ccc(CC(=O)N(C)C)cc1.Cl. The van der Waals surface area contributed by atoms with Crippen LogP contribution in [0.3, 0.4) is 0 Å². The Morgan fingerprint density at radius 2 is 1.79 bits per heavy atom. The van der Waals surface area contributed by atoms with E-state index < -0.39 is 6.04 Å². The maximum atomic E-state index is 11.5. The molecular formula is C13H20ClN3O2. The number of hydrogen-bond donors (Lipinski definition) is 2. The fourth-order valence-corrected chi connectivity index (χ4v) is 1.29. The van der Waals surface area contributed by atoms with Crippen LogP contribution >= 0.6 is 12.4 Å². The van der Waals surface area contributed by atoms with Gasteiger partial charge in [0.15, 0.2) is 0 Å². The molecule has 6 heteroatoms. The highest BCUT2D eigenvalue weighted by molar-refractivity contribution is 5.94. The molecule has 0 aromatic heterocycles. The first-order valence-corrected chi connectivity index (χ1v) is 5.75. The minimum atomic E-state index is -0.542. The van der Waals surface area contributed by atoms with Crippen LogP contribution in [0.1, 0.15) is 12.5 Å². The summed E-state index contributed by atoms with van der Waals surface area (Å²) >= 11 is 0. The highest BCUT2D eigenvalue weighted by Crippen LogP contribution is 2.10. The molecule has 0 radical (unpaired) electrons. The van der Waals surface area contributed by atoms with Gasteiger partial charge >= 0.3 is 0 Å². The molecule has 0 spiro atoms. The van der Waals surface area contributed by atoms with Crippen LogP contribution in [0.15, 0.2) is 24.3 Å². The third-order valence-electron chi connectivity index (χ3n) is 2.49. The summed E-state index contributed by atoms with van der Waals surface area (Å²) in [6, 6.07) is 6.62.